The Balaban J connectivity index is 2.34. The second-order valence-corrected chi connectivity index (χ2v) is 3.67. The van der Waals surface area contributed by atoms with E-state index in [0.717, 1.165) is 5.56 Å². The summed E-state index contributed by atoms with van der Waals surface area (Å²) in [5.41, 5.74) is 1.18. The van der Waals surface area contributed by atoms with E-state index in [1.807, 2.05) is 13.0 Å². The van der Waals surface area contributed by atoms with E-state index in [1.54, 1.807) is 6.07 Å². The molecule has 0 aliphatic heterocycles. The smallest absolute Gasteiger partial charge is 0.150 e. The third-order valence-corrected chi connectivity index (χ3v) is 2.26. The maximum Gasteiger partial charge on any atom is 0.150 e. The molecule has 1 N–H and O–H groups in total. The number of benzene rings is 1. The van der Waals surface area contributed by atoms with Crippen LogP contribution in [0.3, 0.4) is 0 Å². The Kier molecular flexibility index (Phi) is 3.01. The van der Waals surface area contributed by atoms with Gasteiger partial charge in [-0.25, -0.2) is 9.37 Å². The normalized spacial score (nSPS) is 10.2. The van der Waals surface area contributed by atoms with Crippen molar-refractivity contribution in [1.82, 2.24) is 9.97 Å². The van der Waals surface area contributed by atoms with E-state index >= 15 is 0 Å². The van der Waals surface area contributed by atoms with Crippen LogP contribution in [-0.4, -0.2) is 9.97 Å². The number of nitrogens with zero attached hydrogens (tertiary/aromatic N) is 2. The lowest BCUT2D eigenvalue weighted by Crippen LogP contribution is -1.99. The molecule has 0 radical (unpaired) electrons. The van der Waals surface area contributed by atoms with E-state index < -0.39 is 0 Å². The van der Waals surface area contributed by atoms with Gasteiger partial charge in [-0.15, -0.1) is 0 Å². The number of aryl methyl sites for hydroxylation is 1. The second-order valence-electron chi connectivity index (χ2n) is 3.28. The van der Waals surface area contributed by atoms with E-state index in [0.29, 0.717) is 11.5 Å². The molecule has 1 aromatic carbocycles. The van der Waals surface area contributed by atoms with Crippen LogP contribution in [0.1, 0.15) is 5.56 Å². The first-order valence-electron chi connectivity index (χ1n) is 4.66. The first-order chi connectivity index (χ1) is 7.66. The van der Waals surface area contributed by atoms with Gasteiger partial charge in [-0.1, -0.05) is 23.7 Å². The van der Waals surface area contributed by atoms with Crippen molar-refractivity contribution >= 4 is 23.1 Å². The van der Waals surface area contributed by atoms with Crippen molar-refractivity contribution in [2.75, 3.05) is 5.32 Å². The lowest BCUT2D eigenvalue weighted by molar-refractivity contribution is 0.630. The molecule has 0 aliphatic rings. The summed E-state index contributed by atoms with van der Waals surface area (Å²) in [6.07, 6.45) is 2.90. The molecule has 5 heteroatoms. The van der Waals surface area contributed by atoms with Crippen molar-refractivity contribution in [3.8, 4) is 0 Å². The molecule has 0 atom stereocenters. The standard InChI is InChI=1S/C11H9ClFN3/c1-7-3-2-4-8(13)11(7)16-10-6-14-5-9(12)15-10/h2-6H,1H3,(H,15,16). The van der Waals surface area contributed by atoms with Gasteiger partial charge < -0.3 is 5.32 Å². The summed E-state index contributed by atoms with van der Waals surface area (Å²) < 4.78 is 13.5. The predicted octanol–water partition coefficient (Wildman–Crippen LogP) is 3.32. The molecule has 0 spiro atoms. The van der Waals surface area contributed by atoms with Gasteiger partial charge in [0.15, 0.2) is 5.82 Å². The zero-order chi connectivity index (χ0) is 11.5. The van der Waals surface area contributed by atoms with Crippen LogP contribution in [-0.2, 0) is 0 Å². The molecule has 82 valence electrons. The molecule has 3 nitrogen and oxygen atoms in total. The molecule has 0 saturated carbocycles. The molecule has 2 aromatic rings. The van der Waals surface area contributed by atoms with Crippen molar-refractivity contribution in [3.63, 3.8) is 0 Å². The Morgan fingerprint density at radius 3 is 2.81 bits per heavy atom. The Hall–Kier alpha value is -1.68. The van der Waals surface area contributed by atoms with Crippen LogP contribution >= 0.6 is 11.6 Å². The van der Waals surface area contributed by atoms with Gasteiger partial charge in [0, 0.05) is 0 Å². The fraction of sp³-hybridized carbons (Fsp3) is 0.0909. The highest BCUT2D eigenvalue weighted by Gasteiger charge is 2.06. The zero-order valence-electron chi connectivity index (χ0n) is 8.54. The van der Waals surface area contributed by atoms with E-state index in [9.17, 15) is 4.39 Å². The lowest BCUT2D eigenvalue weighted by Gasteiger charge is -2.09. The van der Waals surface area contributed by atoms with Gasteiger partial charge in [-0.05, 0) is 18.6 Å². The fourth-order valence-corrected chi connectivity index (χ4v) is 1.47. The minimum absolute atomic E-state index is 0.263. The number of anilines is 2. The minimum atomic E-state index is -0.332. The lowest BCUT2D eigenvalue weighted by atomic mass is 10.2. The van der Waals surface area contributed by atoms with Gasteiger partial charge in [0.05, 0.1) is 18.1 Å². The highest BCUT2D eigenvalue weighted by molar-refractivity contribution is 6.29. The molecular formula is C11H9ClFN3. The van der Waals surface area contributed by atoms with Crippen molar-refractivity contribution in [2.45, 2.75) is 6.92 Å². The summed E-state index contributed by atoms with van der Waals surface area (Å²) in [5, 5.41) is 3.11. The van der Waals surface area contributed by atoms with Gasteiger partial charge in [0.25, 0.3) is 0 Å². The number of hydrogen-bond acceptors (Lipinski definition) is 3. The van der Waals surface area contributed by atoms with Crippen LogP contribution < -0.4 is 5.32 Å². The number of halogens is 2. The monoisotopic (exact) mass is 237 g/mol. The molecule has 0 aliphatic carbocycles. The Bertz CT molecular complexity index is 496. The van der Waals surface area contributed by atoms with E-state index in [-0.39, 0.29) is 11.0 Å². The van der Waals surface area contributed by atoms with Gasteiger partial charge in [0.2, 0.25) is 0 Å². The molecule has 0 unspecified atom stereocenters. The van der Waals surface area contributed by atoms with Crippen LogP contribution in [0.2, 0.25) is 5.15 Å². The predicted molar refractivity (Wildman–Crippen MR) is 61.5 cm³/mol. The Morgan fingerprint density at radius 2 is 2.12 bits per heavy atom. The second kappa shape index (κ2) is 4.45. The molecular weight excluding hydrogens is 229 g/mol. The molecule has 2 rings (SSSR count). The van der Waals surface area contributed by atoms with E-state index in [1.165, 1.54) is 18.5 Å². The molecule has 1 aromatic heterocycles. The average Bonchev–Trinajstić information content (AvgIpc) is 2.24. The SMILES string of the molecule is Cc1cccc(F)c1Nc1cncc(Cl)n1. The summed E-state index contributed by atoms with van der Waals surface area (Å²) in [7, 11) is 0. The molecule has 0 saturated heterocycles. The average molecular weight is 238 g/mol. The first-order valence-corrected chi connectivity index (χ1v) is 5.04. The van der Waals surface area contributed by atoms with E-state index in [2.05, 4.69) is 15.3 Å². The molecule has 0 bridgehead atoms. The summed E-state index contributed by atoms with van der Waals surface area (Å²) in [6, 6.07) is 4.84. The number of para-hydroxylation sites is 1. The van der Waals surface area contributed by atoms with E-state index in [4.69, 9.17) is 11.6 Å². The van der Waals surface area contributed by atoms with Crippen molar-refractivity contribution in [2.24, 2.45) is 0 Å². The molecule has 16 heavy (non-hydrogen) atoms. The topological polar surface area (TPSA) is 37.8 Å². The summed E-state index contributed by atoms with van der Waals surface area (Å²) in [6.45, 7) is 1.81. The van der Waals surface area contributed by atoms with Crippen molar-refractivity contribution in [1.29, 1.82) is 0 Å². The summed E-state index contributed by atoms with van der Waals surface area (Å²) >= 11 is 5.68. The largest absolute Gasteiger partial charge is 0.336 e. The number of rotatable bonds is 2. The quantitative estimate of drug-likeness (QED) is 0.871. The van der Waals surface area contributed by atoms with Crippen molar-refractivity contribution in [3.05, 3.63) is 47.1 Å². The Morgan fingerprint density at radius 1 is 1.31 bits per heavy atom. The zero-order valence-corrected chi connectivity index (χ0v) is 9.29. The van der Waals surface area contributed by atoms with Gasteiger partial charge in [-0.2, -0.15) is 0 Å². The number of hydrogen-bond donors (Lipinski definition) is 1. The van der Waals surface area contributed by atoms with Crippen molar-refractivity contribution < 1.29 is 4.39 Å². The molecule has 1 heterocycles. The van der Waals surface area contributed by atoms with Crippen LogP contribution in [0.25, 0.3) is 0 Å². The highest BCUT2D eigenvalue weighted by Crippen LogP contribution is 2.22. The molecule has 0 amide bonds. The minimum Gasteiger partial charge on any atom is -0.336 e. The highest BCUT2D eigenvalue weighted by atomic mass is 35.5. The Labute approximate surface area is 97.3 Å². The maximum atomic E-state index is 13.5. The van der Waals surface area contributed by atoms with Gasteiger partial charge >= 0.3 is 0 Å². The molecule has 0 fully saturated rings. The fourth-order valence-electron chi connectivity index (χ4n) is 1.32. The van der Waals surface area contributed by atoms with Gasteiger partial charge in [-0.3, -0.25) is 4.98 Å². The summed E-state index contributed by atoms with van der Waals surface area (Å²) in [4.78, 5) is 7.84. The van der Waals surface area contributed by atoms with Crippen LogP contribution in [0.4, 0.5) is 15.9 Å². The first kappa shape index (κ1) is 10.8. The third kappa shape index (κ3) is 2.28. The third-order valence-electron chi connectivity index (χ3n) is 2.08. The van der Waals surface area contributed by atoms with Crippen LogP contribution in [0.15, 0.2) is 30.6 Å². The summed E-state index contributed by atoms with van der Waals surface area (Å²) in [5.74, 6) is 0.0856. The van der Waals surface area contributed by atoms with Crippen LogP contribution in [0.5, 0.6) is 0 Å². The van der Waals surface area contributed by atoms with Gasteiger partial charge in [0.1, 0.15) is 11.0 Å². The number of nitrogens with one attached hydrogen (secondary N) is 1. The number of aromatic nitrogens is 2. The maximum absolute atomic E-state index is 13.5. The van der Waals surface area contributed by atoms with Crippen LogP contribution in [0, 0.1) is 12.7 Å².